The maximum atomic E-state index is 12.6. The average Bonchev–Trinajstić information content (AvgIpc) is 3.20. The van der Waals surface area contributed by atoms with E-state index in [-0.39, 0.29) is 11.8 Å². The maximum absolute atomic E-state index is 12.6. The predicted octanol–water partition coefficient (Wildman–Crippen LogP) is 3.95. The lowest BCUT2D eigenvalue weighted by molar-refractivity contribution is 0.0951. The first-order valence-electron chi connectivity index (χ1n) is 7.89. The number of nitrogens with zero attached hydrogens (tertiary/aromatic N) is 1. The van der Waals surface area contributed by atoms with E-state index in [2.05, 4.69) is 5.32 Å². The molecule has 25 heavy (non-hydrogen) atoms. The zero-order valence-electron chi connectivity index (χ0n) is 13.8. The topological polar surface area (TPSA) is 49.4 Å². The SMILES string of the molecule is CN(C(=O)c1cccs1)c1ccccc1C(=O)NCc1ccccc1. The van der Waals surface area contributed by atoms with Crippen LogP contribution in [0.2, 0.25) is 0 Å². The molecule has 5 heteroatoms. The van der Waals surface area contributed by atoms with Gasteiger partial charge in [0.1, 0.15) is 0 Å². The van der Waals surface area contributed by atoms with E-state index in [0.29, 0.717) is 22.7 Å². The second-order valence-corrected chi connectivity index (χ2v) is 6.47. The van der Waals surface area contributed by atoms with E-state index in [1.807, 2.05) is 47.8 Å². The zero-order chi connectivity index (χ0) is 17.6. The number of carbonyl (C=O) groups excluding carboxylic acids is 2. The van der Waals surface area contributed by atoms with Gasteiger partial charge in [0.05, 0.1) is 16.1 Å². The minimum atomic E-state index is -0.203. The molecule has 0 aliphatic heterocycles. The Balaban J connectivity index is 1.78. The summed E-state index contributed by atoms with van der Waals surface area (Å²) in [6, 6.07) is 20.5. The Morgan fingerprint density at radius 2 is 1.68 bits per heavy atom. The van der Waals surface area contributed by atoms with Crippen LogP contribution in [0, 0.1) is 0 Å². The normalized spacial score (nSPS) is 10.3. The van der Waals surface area contributed by atoms with E-state index >= 15 is 0 Å². The van der Waals surface area contributed by atoms with E-state index in [4.69, 9.17) is 0 Å². The van der Waals surface area contributed by atoms with Crippen molar-refractivity contribution in [3.8, 4) is 0 Å². The van der Waals surface area contributed by atoms with Gasteiger partial charge in [0, 0.05) is 13.6 Å². The van der Waals surface area contributed by atoms with Crippen LogP contribution < -0.4 is 10.2 Å². The molecule has 4 nitrogen and oxygen atoms in total. The van der Waals surface area contributed by atoms with Crippen molar-refractivity contribution in [2.45, 2.75) is 6.54 Å². The number of rotatable bonds is 5. The number of benzene rings is 2. The highest BCUT2D eigenvalue weighted by Crippen LogP contribution is 2.22. The summed E-state index contributed by atoms with van der Waals surface area (Å²) in [6.45, 7) is 0.441. The molecule has 0 bridgehead atoms. The molecule has 0 saturated carbocycles. The minimum Gasteiger partial charge on any atom is -0.348 e. The highest BCUT2D eigenvalue weighted by Gasteiger charge is 2.19. The highest BCUT2D eigenvalue weighted by molar-refractivity contribution is 7.12. The predicted molar refractivity (Wildman–Crippen MR) is 101 cm³/mol. The quantitative estimate of drug-likeness (QED) is 0.757. The van der Waals surface area contributed by atoms with Crippen molar-refractivity contribution in [1.29, 1.82) is 0 Å². The van der Waals surface area contributed by atoms with Gasteiger partial charge in [-0.05, 0) is 29.1 Å². The molecule has 0 atom stereocenters. The summed E-state index contributed by atoms with van der Waals surface area (Å²) in [6.07, 6.45) is 0. The van der Waals surface area contributed by atoms with Crippen molar-refractivity contribution in [2.24, 2.45) is 0 Å². The fourth-order valence-corrected chi connectivity index (χ4v) is 3.21. The van der Waals surface area contributed by atoms with Gasteiger partial charge in [-0.25, -0.2) is 0 Å². The van der Waals surface area contributed by atoms with Crippen molar-refractivity contribution in [1.82, 2.24) is 5.32 Å². The lowest BCUT2D eigenvalue weighted by Crippen LogP contribution is -2.30. The molecular formula is C20H18N2O2S. The van der Waals surface area contributed by atoms with Crippen molar-refractivity contribution in [3.05, 3.63) is 88.1 Å². The molecular weight excluding hydrogens is 332 g/mol. The molecule has 1 aromatic heterocycles. The molecule has 0 radical (unpaired) electrons. The Hall–Kier alpha value is -2.92. The Kier molecular flexibility index (Phi) is 5.26. The number of nitrogens with one attached hydrogen (secondary N) is 1. The summed E-state index contributed by atoms with van der Waals surface area (Å²) in [7, 11) is 1.69. The monoisotopic (exact) mass is 350 g/mol. The van der Waals surface area contributed by atoms with Crippen LogP contribution in [0.1, 0.15) is 25.6 Å². The summed E-state index contributed by atoms with van der Waals surface area (Å²) in [5.74, 6) is -0.330. The van der Waals surface area contributed by atoms with Gasteiger partial charge >= 0.3 is 0 Å². The molecule has 0 fully saturated rings. The van der Waals surface area contributed by atoms with Gasteiger partial charge in [0.15, 0.2) is 0 Å². The Morgan fingerprint density at radius 3 is 2.40 bits per heavy atom. The summed E-state index contributed by atoms with van der Waals surface area (Å²) < 4.78 is 0. The maximum Gasteiger partial charge on any atom is 0.268 e. The van der Waals surface area contributed by atoms with Gasteiger partial charge < -0.3 is 10.2 Å². The second-order valence-electron chi connectivity index (χ2n) is 5.53. The van der Waals surface area contributed by atoms with E-state index in [1.165, 1.54) is 16.2 Å². The van der Waals surface area contributed by atoms with Crippen molar-refractivity contribution < 1.29 is 9.59 Å². The number of para-hydroxylation sites is 1. The van der Waals surface area contributed by atoms with Crippen LogP contribution in [-0.4, -0.2) is 18.9 Å². The molecule has 0 unspecified atom stereocenters. The lowest BCUT2D eigenvalue weighted by Gasteiger charge is -2.20. The molecule has 2 aromatic carbocycles. The molecule has 0 saturated heterocycles. The van der Waals surface area contributed by atoms with Gasteiger partial charge in [0.2, 0.25) is 0 Å². The largest absolute Gasteiger partial charge is 0.348 e. The molecule has 3 aromatic rings. The number of carbonyl (C=O) groups is 2. The van der Waals surface area contributed by atoms with Gasteiger partial charge in [-0.1, -0.05) is 48.5 Å². The van der Waals surface area contributed by atoms with Crippen LogP contribution in [0.15, 0.2) is 72.1 Å². The number of hydrogen-bond donors (Lipinski definition) is 1. The molecule has 2 amide bonds. The molecule has 1 heterocycles. The number of anilines is 1. The highest BCUT2D eigenvalue weighted by atomic mass is 32.1. The molecule has 0 aliphatic rings. The number of thiophene rings is 1. The summed E-state index contributed by atoms with van der Waals surface area (Å²) >= 11 is 1.38. The van der Waals surface area contributed by atoms with E-state index in [1.54, 1.807) is 31.3 Å². The van der Waals surface area contributed by atoms with Crippen molar-refractivity contribution >= 4 is 28.8 Å². The van der Waals surface area contributed by atoms with Crippen molar-refractivity contribution in [3.63, 3.8) is 0 Å². The molecule has 0 spiro atoms. The second kappa shape index (κ2) is 7.77. The van der Waals surface area contributed by atoms with E-state index in [0.717, 1.165) is 5.56 Å². The first-order valence-corrected chi connectivity index (χ1v) is 8.77. The molecule has 3 rings (SSSR count). The average molecular weight is 350 g/mol. The molecule has 0 aliphatic carbocycles. The summed E-state index contributed by atoms with van der Waals surface area (Å²) in [5.41, 5.74) is 2.09. The van der Waals surface area contributed by atoms with Crippen LogP contribution in [0.25, 0.3) is 0 Å². The number of amides is 2. The van der Waals surface area contributed by atoms with Crippen LogP contribution in [-0.2, 0) is 6.54 Å². The Morgan fingerprint density at radius 1 is 0.960 bits per heavy atom. The minimum absolute atomic E-state index is 0.127. The van der Waals surface area contributed by atoms with Crippen LogP contribution >= 0.6 is 11.3 Å². The van der Waals surface area contributed by atoms with Crippen LogP contribution in [0.3, 0.4) is 0 Å². The third kappa shape index (κ3) is 3.95. The van der Waals surface area contributed by atoms with Gasteiger partial charge in [-0.2, -0.15) is 0 Å². The standard InChI is InChI=1S/C20H18N2O2S/c1-22(20(24)18-12-7-13-25-18)17-11-6-5-10-16(17)19(23)21-14-15-8-3-2-4-9-15/h2-13H,14H2,1H3,(H,21,23). The first kappa shape index (κ1) is 16.9. The van der Waals surface area contributed by atoms with E-state index in [9.17, 15) is 9.59 Å². The summed E-state index contributed by atoms with van der Waals surface area (Å²) in [5, 5.41) is 4.77. The molecule has 126 valence electrons. The van der Waals surface area contributed by atoms with Crippen LogP contribution in [0.5, 0.6) is 0 Å². The van der Waals surface area contributed by atoms with E-state index < -0.39 is 0 Å². The summed E-state index contributed by atoms with van der Waals surface area (Å²) in [4.78, 5) is 27.3. The first-order chi connectivity index (χ1) is 12.2. The lowest BCUT2D eigenvalue weighted by atomic mass is 10.1. The zero-order valence-corrected chi connectivity index (χ0v) is 14.6. The smallest absolute Gasteiger partial charge is 0.268 e. The third-order valence-corrected chi connectivity index (χ3v) is 4.70. The molecule has 1 N–H and O–H groups in total. The third-order valence-electron chi connectivity index (χ3n) is 3.84. The Bertz CT molecular complexity index is 860. The van der Waals surface area contributed by atoms with Gasteiger partial charge in [-0.3, -0.25) is 9.59 Å². The van der Waals surface area contributed by atoms with Crippen molar-refractivity contribution in [2.75, 3.05) is 11.9 Å². The fourth-order valence-electron chi connectivity index (χ4n) is 2.51. The number of hydrogen-bond acceptors (Lipinski definition) is 3. The Labute approximate surface area is 150 Å². The van der Waals surface area contributed by atoms with Gasteiger partial charge in [-0.15, -0.1) is 11.3 Å². The van der Waals surface area contributed by atoms with Gasteiger partial charge in [0.25, 0.3) is 11.8 Å². The fraction of sp³-hybridized carbons (Fsp3) is 0.100. The van der Waals surface area contributed by atoms with Crippen LogP contribution in [0.4, 0.5) is 5.69 Å².